The highest BCUT2D eigenvalue weighted by Gasteiger charge is 2.53. The van der Waals surface area contributed by atoms with Crippen molar-refractivity contribution in [1.82, 2.24) is 0 Å². The van der Waals surface area contributed by atoms with Gasteiger partial charge in [-0.3, -0.25) is 13.7 Å². The van der Waals surface area contributed by atoms with Crippen LogP contribution in [0.3, 0.4) is 0 Å². The molecule has 0 fully saturated rings. The smallest absolute Gasteiger partial charge is 0.401 e. The van der Waals surface area contributed by atoms with E-state index in [0.717, 1.165) is 18.6 Å². The summed E-state index contributed by atoms with van der Waals surface area (Å²) in [5.41, 5.74) is 0.557. The third-order valence-electron chi connectivity index (χ3n) is 7.22. The molecular formula is C30H54N3O12P3. The molecule has 0 aliphatic heterocycles. The molecule has 15 nitrogen and oxygen atoms in total. The largest absolute Gasteiger partial charge is 0.623 e. The number of rotatable bonds is 21. The Morgan fingerprint density at radius 3 is 0.792 bits per heavy atom. The van der Waals surface area contributed by atoms with E-state index in [4.69, 9.17) is 27.1 Å². The van der Waals surface area contributed by atoms with Crippen LogP contribution in [0.25, 0.3) is 0 Å². The maximum Gasteiger partial charge on any atom is 0.401 e. The van der Waals surface area contributed by atoms with Gasteiger partial charge in [-0.25, -0.2) is 0 Å². The van der Waals surface area contributed by atoms with Gasteiger partial charge in [0.05, 0.1) is 39.6 Å². The Labute approximate surface area is 285 Å². The number of hydroxylamine groups is 3. The molecule has 0 radical (unpaired) electrons. The average molecular weight is 742 g/mol. The Bertz CT molecular complexity index is 1260. The van der Waals surface area contributed by atoms with E-state index in [2.05, 4.69) is 0 Å². The molecule has 0 aliphatic rings. The molecule has 0 aromatic heterocycles. The summed E-state index contributed by atoms with van der Waals surface area (Å²) in [5.74, 6) is 0. The molecule has 0 N–H and O–H groups in total. The molecule has 0 saturated carbocycles. The molecule has 0 bridgehead atoms. The molecule has 1 aromatic carbocycles. The molecule has 0 amide bonds. The van der Waals surface area contributed by atoms with Crippen molar-refractivity contribution in [2.75, 3.05) is 39.6 Å². The van der Waals surface area contributed by atoms with Gasteiger partial charge in [0.25, 0.3) is 15.8 Å². The van der Waals surface area contributed by atoms with Crippen LogP contribution in [-0.2, 0) is 40.8 Å². The minimum atomic E-state index is -3.96. The molecule has 18 heteroatoms. The van der Waals surface area contributed by atoms with Gasteiger partial charge >= 0.3 is 22.8 Å². The minimum absolute atomic E-state index is 0.0308. The van der Waals surface area contributed by atoms with Gasteiger partial charge in [0.15, 0.2) is 18.6 Å². The topological polar surface area (TPSA) is 185 Å². The Kier molecular flexibility index (Phi) is 16.4. The maximum atomic E-state index is 13.6. The van der Waals surface area contributed by atoms with Crippen LogP contribution in [0.15, 0.2) is 18.2 Å². The summed E-state index contributed by atoms with van der Waals surface area (Å²) in [5, 5.41) is 35.7. The molecule has 276 valence electrons. The lowest BCUT2D eigenvalue weighted by molar-refractivity contribution is -0.510. The number of benzene rings is 1. The van der Waals surface area contributed by atoms with Crippen LogP contribution in [-0.4, -0.2) is 88.3 Å². The normalized spacial score (nSPS) is 14.9. The van der Waals surface area contributed by atoms with Gasteiger partial charge in [-0.1, -0.05) is 0 Å². The summed E-state index contributed by atoms with van der Waals surface area (Å²) in [6.45, 7) is 18.4. The van der Waals surface area contributed by atoms with Crippen LogP contribution < -0.4 is 0 Å². The summed E-state index contributed by atoms with van der Waals surface area (Å²) in [4.78, 5) is 0. The molecule has 1 rings (SSSR count). The van der Waals surface area contributed by atoms with E-state index in [1.54, 1.807) is 41.5 Å². The van der Waals surface area contributed by atoms with Crippen LogP contribution in [0, 0.1) is 15.6 Å². The molecule has 0 heterocycles. The highest BCUT2D eigenvalue weighted by atomic mass is 31.2. The first-order valence-corrected chi connectivity index (χ1v) is 20.5. The number of hydrogen-bond donors (Lipinski definition) is 0. The first-order chi connectivity index (χ1) is 22.1. The molecule has 0 saturated heterocycles. The van der Waals surface area contributed by atoms with E-state index in [1.807, 2.05) is 0 Å². The van der Waals surface area contributed by atoms with Crippen molar-refractivity contribution < 1.29 is 55.1 Å². The fourth-order valence-electron chi connectivity index (χ4n) is 4.25. The lowest BCUT2D eigenvalue weighted by Gasteiger charge is -2.31. The third-order valence-corrected chi connectivity index (χ3v) is 15.4. The van der Waals surface area contributed by atoms with Crippen molar-refractivity contribution in [3.8, 4) is 0 Å². The predicted molar refractivity (Wildman–Crippen MR) is 188 cm³/mol. The van der Waals surface area contributed by atoms with Crippen molar-refractivity contribution in [3.05, 3.63) is 50.5 Å². The van der Waals surface area contributed by atoms with Crippen LogP contribution >= 0.6 is 22.8 Å². The second-order valence-electron chi connectivity index (χ2n) is 11.8. The summed E-state index contributed by atoms with van der Waals surface area (Å²) < 4.78 is 74.6. The maximum absolute atomic E-state index is 13.6. The highest BCUT2D eigenvalue weighted by Crippen LogP contribution is 2.61. The van der Waals surface area contributed by atoms with Crippen LogP contribution in [0.2, 0.25) is 0 Å². The zero-order valence-corrected chi connectivity index (χ0v) is 33.0. The molecule has 0 unspecified atom stereocenters. The molecule has 1 aromatic rings. The molecule has 0 aliphatic carbocycles. The first kappa shape index (κ1) is 44.1. The zero-order chi connectivity index (χ0) is 37.2. The van der Waals surface area contributed by atoms with Gasteiger partial charge in [0.2, 0.25) is 0 Å². The summed E-state index contributed by atoms with van der Waals surface area (Å²) in [6, 6.07) is 4.39. The first-order valence-electron chi connectivity index (χ1n) is 15.9. The predicted octanol–water partition coefficient (Wildman–Crippen LogP) is 7.48. The second kappa shape index (κ2) is 17.8. The fourth-order valence-corrected chi connectivity index (χ4v) is 9.30. The van der Waals surface area contributed by atoms with E-state index in [1.165, 1.54) is 59.7 Å². The number of hydrogen-bond acceptors (Lipinski definition) is 12. The summed E-state index contributed by atoms with van der Waals surface area (Å²) in [6.07, 6.45) is 3.36. The summed E-state index contributed by atoms with van der Waals surface area (Å²) in [7, 11) is -11.9. The third kappa shape index (κ3) is 9.86. The lowest BCUT2D eigenvalue weighted by atomic mass is 10.1. The zero-order valence-electron chi connectivity index (χ0n) is 30.3. The van der Waals surface area contributed by atoms with E-state index in [0.29, 0.717) is 14.2 Å². The van der Waals surface area contributed by atoms with E-state index < -0.39 is 38.6 Å². The molecule has 0 atom stereocenters. The van der Waals surface area contributed by atoms with Crippen molar-refractivity contribution >= 4 is 41.4 Å². The molecule has 48 heavy (non-hydrogen) atoms. The fraction of sp³-hybridized carbons (Fsp3) is 0.700. The van der Waals surface area contributed by atoms with Crippen LogP contribution in [0.5, 0.6) is 0 Å². The minimum Gasteiger partial charge on any atom is -0.623 e. The van der Waals surface area contributed by atoms with Crippen molar-refractivity contribution in [2.45, 2.75) is 98.9 Å². The van der Waals surface area contributed by atoms with Gasteiger partial charge in [0, 0.05) is 58.2 Å². The second-order valence-corrected chi connectivity index (χ2v) is 19.6. The van der Waals surface area contributed by atoms with Crippen molar-refractivity contribution in [1.29, 1.82) is 0 Å². The van der Waals surface area contributed by atoms with E-state index in [9.17, 15) is 29.3 Å². The lowest BCUT2D eigenvalue weighted by Crippen LogP contribution is -2.36. The molecule has 0 spiro atoms. The monoisotopic (exact) mass is 741 g/mol. The van der Waals surface area contributed by atoms with Gasteiger partial charge in [0.1, 0.15) is 0 Å². The van der Waals surface area contributed by atoms with E-state index in [-0.39, 0.29) is 56.3 Å². The Hall–Kier alpha value is -1.92. The van der Waals surface area contributed by atoms with Gasteiger partial charge < -0.3 is 42.8 Å². The van der Waals surface area contributed by atoms with Crippen molar-refractivity contribution in [3.63, 3.8) is 0 Å². The quantitative estimate of drug-likeness (QED) is 0.0398. The van der Waals surface area contributed by atoms with Gasteiger partial charge in [-0.15, -0.1) is 0 Å². The van der Waals surface area contributed by atoms with Gasteiger partial charge in [-0.2, -0.15) is 14.2 Å². The standard InChI is InChI=1S/C30H54N3O12P3/c1-13-40-46(37,41-14-2)28(7,8)31(34)22-25-19-26(23-32(35)29(9,10)47(38,42-15-3)43-16-4)21-27(20-25)24-33(36)30(11,12)48(39,44-17-5)45-18-6/h19-24H,13-18H2,1-12H3. The average Bonchev–Trinajstić information content (AvgIpc) is 2.97. The summed E-state index contributed by atoms with van der Waals surface area (Å²) >= 11 is 0. The van der Waals surface area contributed by atoms with Gasteiger partial charge in [-0.05, 0) is 59.7 Å². The van der Waals surface area contributed by atoms with Crippen LogP contribution in [0.4, 0.5) is 0 Å². The highest BCUT2D eigenvalue weighted by molar-refractivity contribution is 7.55. The van der Waals surface area contributed by atoms with E-state index >= 15 is 0 Å². The SMILES string of the molecule is CCOP(=O)(OCC)C(C)(C)[N+]([O-])=Cc1cc(C=[N+]([O-])C(C)(C)P(=O)(OCC)OCC)cc(C=[N+]([O-])C(C)(C)P(=O)(OCC)OCC)c1. The van der Waals surface area contributed by atoms with Crippen molar-refractivity contribution in [2.24, 2.45) is 0 Å². The Morgan fingerprint density at radius 2 is 0.646 bits per heavy atom. The number of nitrogens with zero attached hydrogens (tertiary/aromatic N) is 3. The Balaban J connectivity index is 4.07. The molecular weight excluding hydrogens is 687 g/mol. The Morgan fingerprint density at radius 1 is 0.479 bits per heavy atom. The van der Waals surface area contributed by atoms with Crippen LogP contribution in [0.1, 0.15) is 99.8 Å².